The molecule has 5 nitrogen and oxygen atoms in total. The van der Waals surface area contributed by atoms with Gasteiger partial charge in [-0.25, -0.2) is 0 Å². The number of nitrogens with one attached hydrogen (secondary N) is 1. The van der Waals surface area contributed by atoms with Crippen molar-refractivity contribution in [3.05, 3.63) is 58.6 Å². The Morgan fingerprint density at radius 1 is 1.22 bits per heavy atom. The minimum atomic E-state index is -4.54. The molecular formula is C18H16ClF3N2O3. The summed E-state index contributed by atoms with van der Waals surface area (Å²) in [5, 5.41) is 5.88. The highest BCUT2D eigenvalue weighted by Crippen LogP contribution is 2.33. The van der Waals surface area contributed by atoms with Gasteiger partial charge in [0, 0.05) is 0 Å². The van der Waals surface area contributed by atoms with E-state index in [1.807, 2.05) is 6.92 Å². The number of amides is 1. The number of oxime groups is 1. The normalized spacial score (nSPS) is 11.4. The van der Waals surface area contributed by atoms with E-state index in [2.05, 4.69) is 10.5 Å². The summed E-state index contributed by atoms with van der Waals surface area (Å²) in [6.45, 7) is 1.95. The van der Waals surface area contributed by atoms with E-state index in [1.54, 1.807) is 24.3 Å². The molecule has 0 heterocycles. The Balaban J connectivity index is 1.87. The van der Waals surface area contributed by atoms with Gasteiger partial charge in [0.15, 0.2) is 6.61 Å². The summed E-state index contributed by atoms with van der Waals surface area (Å²) in [5.41, 5.74) is -0.355. The minimum absolute atomic E-state index is 0.0192. The quantitative estimate of drug-likeness (QED) is 0.539. The average Bonchev–Trinajstić information content (AvgIpc) is 2.61. The van der Waals surface area contributed by atoms with E-state index >= 15 is 0 Å². The Hall–Kier alpha value is -2.74. The first-order chi connectivity index (χ1) is 12.8. The van der Waals surface area contributed by atoms with Gasteiger partial charge in [-0.3, -0.25) is 4.79 Å². The van der Waals surface area contributed by atoms with Gasteiger partial charge in [0.2, 0.25) is 0 Å². The Kier molecular flexibility index (Phi) is 7.06. The lowest BCUT2D eigenvalue weighted by molar-refractivity contribution is -0.137. The van der Waals surface area contributed by atoms with E-state index in [0.717, 1.165) is 23.8 Å². The Morgan fingerprint density at radius 3 is 2.56 bits per heavy atom. The van der Waals surface area contributed by atoms with Crippen molar-refractivity contribution < 1.29 is 27.5 Å². The van der Waals surface area contributed by atoms with Crippen LogP contribution in [0.2, 0.25) is 5.02 Å². The van der Waals surface area contributed by atoms with Gasteiger partial charge in [-0.15, -0.1) is 0 Å². The molecule has 0 aliphatic rings. The van der Waals surface area contributed by atoms with Crippen LogP contribution in [0.4, 0.5) is 18.9 Å². The van der Waals surface area contributed by atoms with Gasteiger partial charge in [0.1, 0.15) is 5.75 Å². The number of rotatable bonds is 7. The number of hydrogen-bond acceptors (Lipinski definition) is 4. The molecule has 27 heavy (non-hydrogen) atoms. The molecule has 0 aliphatic carbocycles. The van der Waals surface area contributed by atoms with Crippen molar-refractivity contribution in [2.24, 2.45) is 5.16 Å². The van der Waals surface area contributed by atoms with Crippen LogP contribution in [0.5, 0.6) is 5.75 Å². The molecule has 2 rings (SSSR count). The van der Waals surface area contributed by atoms with Crippen LogP contribution in [0.15, 0.2) is 47.6 Å². The molecular weight excluding hydrogens is 385 g/mol. The zero-order chi connectivity index (χ0) is 19.9. The van der Waals surface area contributed by atoms with Crippen LogP contribution < -0.4 is 10.1 Å². The van der Waals surface area contributed by atoms with Crippen molar-refractivity contribution in [2.45, 2.75) is 13.1 Å². The maximum atomic E-state index is 12.7. The number of halogens is 4. The van der Waals surface area contributed by atoms with Gasteiger partial charge >= 0.3 is 6.18 Å². The molecule has 0 radical (unpaired) electrons. The summed E-state index contributed by atoms with van der Waals surface area (Å²) < 4.78 is 43.4. The number of ether oxygens (including phenoxy) is 1. The van der Waals surface area contributed by atoms with Crippen LogP contribution in [-0.2, 0) is 15.8 Å². The maximum Gasteiger partial charge on any atom is 0.416 e. The van der Waals surface area contributed by atoms with Crippen molar-refractivity contribution in [3.8, 4) is 5.75 Å². The summed E-state index contributed by atoms with van der Waals surface area (Å²) in [5.74, 6) is 0.0213. The van der Waals surface area contributed by atoms with E-state index in [-0.39, 0.29) is 10.7 Å². The summed E-state index contributed by atoms with van der Waals surface area (Å²) in [6, 6.07) is 9.66. The predicted octanol–water partition coefficient (Wildman–Crippen LogP) is 4.75. The lowest BCUT2D eigenvalue weighted by Crippen LogP contribution is -2.18. The van der Waals surface area contributed by atoms with E-state index in [1.165, 1.54) is 6.21 Å². The fourth-order valence-corrected chi connectivity index (χ4v) is 2.16. The Bertz CT molecular complexity index is 808. The summed E-state index contributed by atoms with van der Waals surface area (Å²) in [4.78, 5) is 16.6. The first-order valence-corrected chi connectivity index (χ1v) is 8.22. The van der Waals surface area contributed by atoms with Crippen molar-refractivity contribution >= 4 is 29.4 Å². The summed E-state index contributed by atoms with van der Waals surface area (Å²) in [6.07, 6.45) is -3.15. The minimum Gasteiger partial charge on any atom is -0.494 e. The molecule has 144 valence electrons. The van der Waals surface area contributed by atoms with Gasteiger partial charge in [-0.2, -0.15) is 13.2 Å². The van der Waals surface area contributed by atoms with Gasteiger partial charge < -0.3 is 14.9 Å². The predicted molar refractivity (Wildman–Crippen MR) is 96.2 cm³/mol. The molecule has 0 bridgehead atoms. The molecule has 0 atom stereocenters. The molecule has 0 saturated heterocycles. The second-order valence-electron chi connectivity index (χ2n) is 5.25. The standard InChI is InChI=1S/C18H16ClF3N2O3/c1-2-26-14-6-3-12(4-7-14)10-23-27-11-17(25)24-16-9-13(18(20,21)22)5-8-15(16)19/h3-10H,2,11H2,1H3,(H,24,25)/b23-10-. The maximum absolute atomic E-state index is 12.7. The van der Waals surface area contributed by atoms with E-state index in [4.69, 9.17) is 21.2 Å². The molecule has 2 aromatic carbocycles. The molecule has 0 aliphatic heterocycles. The van der Waals surface area contributed by atoms with Crippen molar-refractivity contribution in [2.75, 3.05) is 18.5 Å². The third kappa shape index (κ3) is 6.49. The van der Waals surface area contributed by atoms with E-state index < -0.39 is 24.3 Å². The second kappa shape index (κ2) is 9.27. The lowest BCUT2D eigenvalue weighted by Gasteiger charge is -2.11. The third-order valence-electron chi connectivity index (χ3n) is 3.23. The topological polar surface area (TPSA) is 59.9 Å². The highest BCUT2D eigenvalue weighted by Gasteiger charge is 2.31. The number of anilines is 1. The third-order valence-corrected chi connectivity index (χ3v) is 3.56. The second-order valence-corrected chi connectivity index (χ2v) is 5.66. The van der Waals surface area contributed by atoms with Crippen LogP contribution >= 0.6 is 11.6 Å². The molecule has 1 N–H and O–H groups in total. The number of carbonyl (C=O) groups excluding carboxylic acids is 1. The highest BCUT2D eigenvalue weighted by atomic mass is 35.5. The largest absolute Gasteiger partial charge is 0.494 e. The lowest BCUT2D eigenvalue weighted by atomic mass is 10.2. The molecule has 0 aromatic heterocycles. The molecule has 9 heteroatoms. The Labute approximate surface area is 158 Å². The Morgan fingerprint density at radius 2 is 1.93 bits per heavy atom. The average molecular weight is 401 g/mol. The van der Waals surface area contributed by atoms with Gasteiger partial charge in [-0.1, -0.05) is 16.8 Å². The van der Waals surface area contributed by atoms with Crippen LogP contribution in [0, 0.1) is 0 Å². The number of nitrogens with zero attached hydrogens (tertiary/aromatic N) is 1. The molecule has 1 amide bonds. The van der Waals surface area contributed by atoms with Crippen molar-refractivity contribution in [1.82, 2.24) is 0 Å². The van der Waals surface area contributed by atoms with Crippen LogP contribution in [0.25, 0.3) is 0 Å². The smallest absolute Gasteiger partial charge is 0.416 e. The fourth-order valence-electron chi connectivity index (χ4n) is 1.99. The van der Waals surface area contributed by atoms with Gasteiger partial charge in [0.25, 0.3) is 5.91 Å². The van der Waals surface area contributed by atoms with E-state index in [9.17, 15) is 18.0 Å². The zero-order valence-corrected chi connectivity index (χ0v) is 15.0. The summed E-state index contributed by atoms with van der Waals surface area (Å²) >= 11 is 5.80. The number of benzene rings is 2. The van der Waals surface area contributed by atoms with Crippen LogP contribution in [0.3, 0.4) is 0 Å². The highest BCUT2D eigenvalue weighted by molar-refractivity contribution is 6.33. The van der Waals surface area contributed by atoms with Gasteiger partial charge in [-0.05, 0) is 55.0 Å². The van der Waals surface area contributed by atoms with Gasteiger partial charge in [0.05, 0.1) is 29.1 Å². The number of carbonyl (C=O) groups is 1. The molecule has 0 unspecified atom stereocenters. The van der Waals surface area contributed by atoms with E-state index in [0.29, 0.717) is 12.4 Å². The number of alkyl halides is 3. The summed E-state index contributed by atoms with van der Waals surface area (Å²) in [7, 11) is 0. The van der Waals surface area contributed by atoms with Crippen LogP contribution in [-0.4, -0.2) is 25.3 Å². The zero-order valence-electron chi connectivity index (χ0n) is 14.2. The first-order valence-electron chi connectivity index (χ1n) is 7.84. The molecule has 0 spiro atoms. The monoisotopic (exact) mass is 400 g/mol. The van der Waals surface area contributed by atoms with Crippen molar-refractivity contribution in [1.29, 1.82) is 0 Å². The first kappa shape index (κ1) is 20.6. The number of hydrogen-bond donors (Lipinski definition) is 1. The van der Waals surface area contributed by atoms with Crippen LogP contribution in [0.1, 0.15) is 18.1 Å². The molecule has 0 saturated carbocycles. The van der Waals surface area contributed by atoms with Crippen molar-refractivity contribution in [3.63, 3.8) is 0 Å². The fraction of sp³-hybridized carbons (Fsp3) is 0.222. The molecule has 0 fully saturated rings. The molecule has 2 aromatic rings. The SMILES string of the molecule is CCOc1ccc(/C=N\OCC(=O)Nc2cc(C(F)(F)F)ccc2Cl)cc1.